The lowest BCUT2D eigenvalue weighted by Crippen LogP contribution is -2.14. The van der Waals surface area contributed by atoms with Crippen LogP contribution in [0.15, 0.2) is 42.5 Å². The first-order valence-corrected chi connectivity index (χ1v) is 12.8. The van der Waals surface area contributed by atoms with Crippen LogP contribution in [-0.2, 0) is 27.3 Å². The van der Waals surface area contributed by atoms with E-state index >= 15 is 0 Å². The Morgan fingerprint density at radius 3 is 2.29 bits per heavy atom. The number of carbonyl (C=O) groups is 2. The SMILES string of the molecule is CC.CCOc1cccc(Cl)c1COCC(CCCCC=O)Cc1ccc(C(C)=O)cc1.COC. The fraction of sp³-hybridized carbons (Fsp3) is 0.517. The predicted molar refractivity (Wildman–Crippen MR) is 145 cm³/mol. The maximum absolute atomic E-state index is 11.5. The lowest BCUT2D eigenvalue weighted by atomic mass is 9.93. The van der Waals surface area contributed by atoms with E-state index < -0.39 is 0 Å². The highest BCUT2D eigenvalue weighted by molar-refractivity contribution is 6.31. The van der Waals surface area contributed by atoms with Crippen molar-refractivity contribution >= 4 is 23.7 Å². The molecule has 0 aliphatic carbocycles. The Balaban J connectivity index is 0.00000214. The summed E-state index contributed by atoms with van der Waals surface area (Å²) in [7, 11) is 3.25. The lowest BCUT2D eigenvalue weighted by molar-refractivity contribution is -0.107. The Kier molecular flexibility index (Phi) is 19.8. The first-order chi connectivity index (χ1) is 17.0. The van der Waals surface area contributed by atoms with Crippen molar-refractivity contribution in [2.45, 2.75) is 66.4 Å². The van der Waals surface area contributed by atoms with Gasteiger partial charge in [-0.2, -0.15) is 0 Å². The van der Waals surface area contributed by atoms with Crippen LogP contribution < -0.4 is 4.74 Å². The molecule has 0 spiro atoms. The molecule has 0 saturated heterocycles. The number of unbranched alkanes of at least 4 members (excludes halogenated alkanes) is 2. The number of halogens is 1. The molecule has 0 aliphatic heterocycles. The van der Waals surface area contributed by atoms with Crippen molar-refractivity contribution in [2.75, 3.05) is 27.4 Å². The summed E-state index contributed by atoms with van der Waals surface area (Å²) in [5, 5.41) is 0.642. The van der Waals surface area contributed by atoms with Crippen molar-refractivity contribution in [1.82, 2.24) is 0 Å². The molecule has 0 bridgehead atoms. The third-order valence-corrected chi connectivity index (χ3v) is 5.40. The average molecular weight is 507 g/mol. The van der Waals surface area contributed by atoms with Crippen LogP contribution in [0, 0.1) is 5.92 Å². The normalized spacial score (nSPS) is 10.8. The third-order valence-electron chi connectivity index (χ3n) is 5.04. The van der Waals surface area contributed by atoms with Crippen molar-refractivity contribution in [2.24, 2.45) is 5.92 Å². The second kappa shape index (κ2) is 21.1. The maximum atomic E-state index is 11.5. The molecule has 0 aliphatic rings. The van der Waals surface area contributed by atoms with E-state index in [4.69, 9.17) is 21.1 Å². The number of ether oxygens (including phenoxy) is 3. The van der Waals surface area contributed by atoms with E-state index in [1.54, 1.807) is 21.1 Å². The second-order valence-corrected chi connectivity index (χ2v) is 8.25. The van der Waals surface area contributed by atoms with Crippen LogP contribution in [0.5, 0.6) is 5.75 Å². The fourth-order valence-electron chi connectivity index (χ4n) is 3.41. The minimum absolute atomic E-state index is 0.0696. The number of rotatable bonds is 14. The Bertz CT molecular complexity index is 820. The second-order valence-electron chi connectivity index (χ2n) is 7.85. The number of benzene rings is 2. The highest BCUT2D eigenvalue weighted by Gasteiger charge is 2.13. The van der Waals surface area contributed by atoms with Gasteiger partial charge >= 0.3 is 0 Å². The predicted octanol–water partition coefficient (Wildman–Crippen LogP) is 7.36. The quantitative estimate of drug-likeness (QED) is 0.152. The van der Waals surface area contributed by atoms with Gasteiger partial charge in [0.2, 0.25) is 0 Å². The summed E-state index contributed by atoms with van der Waals surface area (Å²) in [5.41, 5.74) is 2.77. The number of Topliss-reactive ketones (excluding diaryl/α,β-unsaturated/α-hetero) is 1. The number of carbonyl (C=O) groups excluding carboxylic acids is 2. The smallest absolute Gasteiger partial charge is 0.159 e. The van der Waals surface area contributed by atoms with Gasteiger partial charge in [-0.15, -0.1) is 0 Å². The Hall–Kier alpha value is -2.21. The van der Waals surface area contributed by atoms with Crippen molar-refractivity contribution < 1.29 is 23.8 Å². The summed E-state index contributed by atoms with van der Waals surface area (Å²) in [6, 6.07) is 13.4. The summed E-state index contributed by atoms with van der Waals surface area (Å²) in [5.74, 6) is 1.14. The van der Waals surface area contributed by atoms with Crippen LogP contribution in [0.3, 0.4) is 0 Å². The highest BCUT2D eigenvalue weighted by atomic mass is 35.5. The summed E-state index contributed by atoms with van der Waals surface area (Å²) >= 11 is 6.35. The number of hydrogen-bond donors (Lipinski definition) is 0. The first-order valence-electron chi connectivity index (χ1n) is 12.4. The molecular weight excluding hydrogens is 464 g/mol. The molecule has 0 fully saturated rings. The van der Waals surface area contributed by atoms with Gasteiger partial charge in [0.15, 0.2) is 5.78 Å². The monoisotopic (exact) mass is 506 g/mol. The first kappa shape index (κ1) is 32.8. The molecule has 2 rings (SSSR count). The summed E-state index contributed by atoms with van der Waals surface area (Å²) in [6.07, 6.45) is 5.27. The average Bonchev–Trinajstić information content (AvgIpc) is 2.85. The van der Waals surface area contributed by atoms with Crippen molar-refractivity contribution in [3.05, 3.63) is 64.2 Å². The third kappa shape index (κ3) is 14.1. The van der Waals surface area contributed by atoms with Gasteiger partial charge in [0.1, 0.15) is 12.0 Å². The Morgan fingerprint density at radius 1 is 1.06 bits per heavy atom. The molecule has 0 heterocycles. The van der Waals surface area contributed by atoms with E-state index in [0.717, 1.165) is 48.8 Å². The molecule has 0 amide bonds. The Labute approximate surface area is 217 Å². The fourth-order valence-corrected chi connectivity index (χ4v) is 3.63. The minimum atomic E-state index is 0.0696. The standard InChI is InChI=1S/C25H31ClO4.C2H6O.C2H6/c1-3-30-25-10-7-9-24(26)23(25)18-29-17-21(8-5-4-6-15-27)16-20-11-13-22(14-12-20)19(2)28;1-3-2;1-2/h7,9-15,21H,3-6,8,16-18H2,1-2H3;1-2H3;1-2H3. The van der Waals surface area contributed by atoms with Gasteiger partial charge in [0.05, 0.1) is 19.8 Å². The zero-order chi connectivity index (χ0) is 26.5. The van der Waals surface area contributed by atoms with Crippen LogP contribution >= 0.6 is 11.6 Å². The van der Waals surface area contributed by atoms with Crippen LogP contribution in [0.2, 0.25) is 5.02 Å². The molecule has 5 nitrogen and oxygen atoms in total. The van der Waals surface area contributed by atoms with E-state index in [1.165, 1.54) is 5.56 Å². The zero-order valence-electron chi connectivity index (χ0n) is 22.3. The van der Waals surface area contributed by atoms with Gasteiger partial charge < -0.3 is 19.0 Å². The molecule has 6 heteroatoms. The molecule has 0 aromatic heterocycles. The molecule has 1 atom stereocenters. The van der Waals surface area contributed by atoms with E-state index in [0.29, 0.717) is 37.2 Å². The lowest BCUT2D eigenvalue weighted by Gasteiger charge is -2.19. The Morgan fingerprint density at radius 2 is 1.71 bits per heavy atom. The molecule has 0 radical (unpaired) electrons. The number of methoxy groups -OCH3 is 1. The van der Waals surface area contributed by atoms with Crippen molar-refractivity contribution in [3.8, 4) is 5.75 Å². The molecule has 196 valence electrons. The summed E-state index contributed by atoms with van der Waals surface area (Å²) in [4.78, 5) is 22.1. The van der Waals surface area contributed by atoms with Gasteiger partial charge in [-0.05, 0) is 56.7 Å². The minimum Gasteiger partial charge on any atom is -0.493 e. The van der Waals surface area contributed by atoms with E-state index in [-0.39, 0.29) is 5.78 Å². The molecule has 0 saturated carbocycles. The van der Waals surface area contributed by atoms with Gasteiger partial charge in [0.25, 0.3) is 0 Å². The molecule has 2 aromatic carbocycles. The molecule has 35 heavy (non-hydrogen) atoms. The van der Waals surface area contributed by atoms with Crippen molar-refractivity contribution in [1.29, 1.82) is 0 Å². The van der Waals surface area contributed by atoms with Crippen LogP contribution in [-0.4, -0.2) is 39.5 Å². The van der Waals surface area contributed by atoms with E-state index in [9.17, 15) is 9.59 Å². The topological polar surface area (TPSA) is 61.8 Å². The van der Waals surface area contributed by atoms with Crippen LogP contribution in [0.1, 0.15) is 74.9 Å². The number of aldehydes is 1. The van der Waals surface area contributed by atoms with E-state index in [2.05, 4.69) is 4.74 Å². The molecule has 0 N–H and O–H groups in total. The van der Waals surface area contributed by atoms with E-state index in [1.807, 2.05) is 63.2 Å². The summed E-state index contributed by atoms with van der Waals surface area (Å²) < 4.78 is 16.0. The largest absolute Gasteiger partial charge is 0.493 e. The summed E-state index contributed by atoms with van der Waals surface area (Å²) in [6.45, 7) is 9.07. The molecular formula is C29H43ClO5. The number of hydrogen-bond acceptors (Lipinski definition) is 5. The van der Waals surface area contributed by atoms with Gasteiger partial charge in [-0.25, -0.2) is 0 Å². The zero-order valence-corrected chi connectivity index (χ0v) is 23.0. The van der Waals surface area contributed by atoms with Gasteiger partial charge in [0, 0.05) is 36.8 Å². The van der Waals surface area contributed by atoms with Gasteiger partial charge in [-0.3, -0.25) is 4.79 Å². The van der Waals surface area contributed by atoms with Crippen LogP contribution in [0.4, 0.5) is 0 Å². The molecule has 2 aromatic rings. The molecule has 1 unspecified atom stereocenters. The highest BCUT2D eigenvalue weighted by Crippen LogP contribution is 2.28. The number of ketones is 1. The van der Waals surface area contributed by atoms with Crippen molar-refractivity contribution in [3.63, 3.8) is 0 Å². The van der Waals surface area contributed by atoms with Gasteiger partial charge in [-0.1, -0.05) is 62.2 Å². The van der Waals surface area contributed by atoms with Crippen LogP contribution in [0.25, 0.3) is 0 Å². The maximum Gasteiger partial charge on any atom is 0.159 e.